The molecule has 0 radical (unpaired) electrons. The number of hydrogen-bond donors (Lipinski definition) is 2. The Bertz CT molecular complexity index is 1430. The molecule has 0 aliphatic heterocycles. The van der Waals surface area contributed by atoms with Crippen molar-refractivity contribution in [2.24, 2.45) is 5.16 Å². The van der Waals surface area contributed by atoms with Gasteiger partial charge in [-0.15, -0.1) is 0 Å². The Labute approximate surface area is 226 Å². The van der Waals surface area contributed by atoms with Gasteiger partial charge in [-0.1, -0.05) is 71.9 Å². The van der Waals surface area contributed by atoms with Crippen molar-refractivity contribution < 1.29 is 24.2 Å². The Morgan fingerprint density at radius 3 is 2.18 bits per heavy atom. The Kier molecular flexibility index (Phi) is 11.4. The van der Waals surface area contributed by atoms with E-state index in [1.807, 2.05) is 84.9 Å². The number of carboxylic acids is 1. The Morgan fingerprint density at radius 2 is 1.51 bits per heavy atom. The summed E-state index contributed by atoms with van der Waals surface area (Å²) >= 11 is 0. The van der Waals surface area contributed by atoms with Gasteiger partial charge in [0.05, 0.1) is 5.69 Å². The fourth-order valence-electron chi connectivity index (χ4n) is 3.15. The second kappa shape index (κ2) is 15.7. The van der Waals surface area contributed by atoms with Crippen LogP contribution >= 0.6 is 0 Å². The van der Waals surface area contributed by atoms with Gasteiger partial charge in [-0.25, -0.2) is 9.18 Å². The second-order valence-corrected chi connectivity index (χ2v) is 8.02. The largest absolute Gasteiger partial charge is 0.489 e. The first kappa shape index (κ1) is 28.3. The zero-order valence-corrected chi connectivity index (χ0v) is 21.0. The lowest BCUT2D eigenvalue weighted by molar-refractivity contribution is -0.131. The minimum atomic E-state index is -0.922. The fourth-order valence-corrected chi connectivity index (χ4v) is 3.15. The molecule has 4 aromatic rings. The summed E-state index contributed by atoms with van der Waals surface area (Å²) in [5, 5.41) is 20.7. The van der Waals surface area contributed by atoms with Gasteiger partial charge in [-0.2, -0.15) is 0 Å². The molecule has 0 atom stereocenters. The van der Waals surface area contributed by atoms with Gasteiger partial charge < -0.3 is 15.1 Å². The average molecular weight is 523 g/mol. The highest BCUT2D eigenvalue weighted by Crippen LogP contribution is 2.16. The van der Waals surface area contributed by atoms with E-state index < -0.39 is 5.97 Å². The summed E-state index contributed by atoms with van der Waals surface area (Å²) in [6.07, 6.45) is 11.3. The number of oxime groups is 1. The zero-order chi connectivity index (χ0) is 27.7. The number of pyridine rings is 1. The Balaban J connectivity index is 0.000000320. The van der Waals surface area contributed by atoms with E-state index in [-0.39, 0.29) is 5.82 Å². The lowest BCUT2D eigenvalue weighted by atomic mass is 10.1. The highest BCUT2D eigenvalue weighted by atomic mass is 19.1. The first-order valence-corrected chi connectivity index (χ1v) is 11.9. The van der Waals surface area contributed by atoms with Crippen molar-refractivity contribution in [1.82, 2.24) is 4.98 Å². The molecule has 0 fully saturated rings. The van der Waals surface area contributed by atoms with Crippen LogP contribution in [-0.4, -0.2) is 27.0 Å². The van der Waals surface area contributed by atoms with E-state index in [1.165, 1.54) is 12.1 Å². The van der Waals surface area contributed by atoms with Crippen LogP contribution in [0.5, 0.6) is 5.75 Å². The predicted octanol–water partition coefficient (Wildman–Crippen LogP) is 7.14. The van der Waals surface area contributed by atoms with Crippen LogP contribution in [-0.2, 0) is 11.4 Å². The second-order valence-electron chi connectivity index (χ2n) is 8.02. The van der Waals surface area contributed by atoms with Gasteiger partial charge >= 0.3 is 5.97 Å². The number of nitrogens with zero attached hydrogens (tertiary/aromatic N) is 2. The highest BCUT2D eigenvalue weighted by molar-refractivity contribution is 6.08. The molecule has 1 heterocycles. The lowest BCUT2D eigenvalue weighted by Crippen LogP contribution is -1.95. The maximum atomic E-state index is 13.2. The Hall–Kier alpha value is -5.30. The number of ether oxygens (including phenoxy) is 1. The molecule has 0 aliphatic rings. The maximum Gasteiger partial charge on any atom is 0.328 e. The smallest absolute Gasteiger partial charge is 0.328 e. The molecule has 0 unspecified atom stereocenters. The van der Waals surface area contributed by atoms with Crippen LogP contribution < -0.4 is 4.74 Å². The summed E-state index contributed by atoms with van der Waals surface area (Å²) in [4.78, 5) is 14.3. The summed E-state index contributed by atoms with van der Waals surface area (Å²) in [5.74, 6) is -0.513. The highest BCUT2D eigenvalue weighted by Gasteiger charge is 1.98. The number of halogens is 1. The number of carboxylic acid groups (broad SMARTS) is 1. The predicted molar refractivity (Wildman–Crippen MR) is 152 cm³/mol. The standard InChI is InChI=1S/C23H19FN2O2.C9H8O2/c24-20-5-3-4-19(16-20)17-28-23-13-8-18(9-14-23)7-10-22(26-27)12-11-21-6-1-2-15-25-21;10-9(11)7-6-8-4-2-1-3-5-8/h1-16,27H,17H2;1-7H,(H,10,11). The van der Waals surface area contributed by atoms with Crippen LogP contribution in [0.1, 0.15) is 22.4 Å². The van der Waals surface area contributed by atoms with Crippen molar-refractivity contribution >= 4 is 29.9 Å². The third kappa shape index (κ3) is 11.1. The molecule has 3 aromatic carbocycles. The molecule has 1 aromatic heterocycles. The zero-order valence-electron chi connectivity index (χ0n) is 21.0. The molecule has 39 heavy (non-hydrogen) atoms. The topological polar surface area (TPSA) is 92.0 Å². The van der Waals surface area contributed by atoms with Gasteiger partial charge in [-0.3, -0.25) is 4.98 Å². The van der Waals surface area contributed by atoms with Gasteiger partial charge in [0.15, 0.2) is 0 Å². The molecule has 0 spiro atoms. The van der Waals surface area contributed by atoms with Crippen LogP contribution in [0, 0.1) is 5.82 Å². The summed E-state index contributed by atoms with van der Waals surface area (Å²) in [5.41, 5.74) is 3.77. The van der Waals surface area contributed by atoms with Gasteiger partial charge in [0.25, 0.3) is 0 Å². The van der Waals surface area contributed by atoms with Gasteiger partial charge in [-0.05, 0) is 77.4 Å². The van der Waals surface area contributed by atoms with Crippen LogP contribution in [0.4, 0.5) is 4.39 Å². The summed E-state index contributed by atoms with van der Waals surface area (Å²) in [6.45, 7) is 0.298. The molecular weight excluding hydrogens is 495 g/mol. The summed E-state index contributed by atoms with van der Waals surface area (Å²) < 4.78 is 18.8. The number of aromatic nitrogens is 1. The monoisotopic (exact) mass is 522 g/mol. The quantitative estimate of drug-likeness (QED) is 0.105. The number of aliphatic carboxylic acids is 1. The fraction of sp³-hybridized carbons (Fsp3) is 0.0312. The van der Waals surface area contributed by atoms with E-state index in [0.29, 0.717) is 18.1 Å². The number of allylic oxidation sites excluding steroid dienone is 2. The van der Waals surface area contributed by atoms with Crippen molar-refractivity contribution in [3.8, 4) is 5.75 Å². The van der Waals surface area contributed by atoms with Crippen LogP contribution in [0.3, 0.4) is 0 Å². The summed E-state index contributed by atoms with van der Waals surface area (Å²) in [7, 11) is 0. The number of hydrogen-bond acceptors (Lipinski definition) is 5. The van der Waals surface area contributed by atoms with Gasteiger partial charge in [0.1, 0.15) is 23.9 Å². The lowest BCUT2D eigenvalue weighted by Gasteiger charge is -2.06. The molecule has 0 saturated heterocycles. The number of benzene rings is 3. The molecular formula is C32H27FN2O4. The summed E-state index contributed by atoms with van der Waals surface area (Å²) in [6, 6.07) is 28.6. The molecule has 0 saturated carbocycles. The molecule has 2 N–H and O–H groups in total. The van der Waals surface area contributed by atoms with Crippen molar-refractivity contribution in [3.63, 3.8) is 0 Å². The minimum Gasteiger partial charge on any atom is -0.489 e. The number of rotatable bonds is 9. The van der Waals surface area contributed by atoms with Crippen LogP contribution in [0.25, 0.3) is 18.2 Å². The molecule has 6 nitrogen and oxygen atoms in total. The SMILES string of the molecule is O=C(O)C=Cc1ccccc1.ON=C(C=Cc1ccc(OCc2cccc(F)c2)cc1)C=Cc1ccccn1. The van der Waals surface area contributed by atoms with E-state index in [0.717, 1.165) is 28.5 Å². The van der Waals surface area contributed by atoms with E-state index in [9.17, 15) is 9.18 Å². The number of carbonyl (C=O) groups is 1. The Morgan fingerprint density at radius 1 is 0.821 bits per heavy atom. The van der Waals surface area contributed by atoms with Gasteiger partial charge in [0.2, 0.25) is 0 Å². The van der Waals surface area contributed by atoms with E-state index >= 15 is 0 Å². The third-order valence-electron chi connectivity index (χ3n) is 5.07. The van der Waals surface area contributed by atoms with Crippen LogP contribution in [0.15, 0.2) is 127 Å². The molecule has 4 rings (SSSR count). The average Bonchev–Trinajstić information content (AvgIpc) is 2.97. The molecule has 7 heteroatoms. The van der Waals surface area contributed by atoms with Crippen molar-refractivity contribution in [3.05, 3.63) is 150 Å². The van der Waals surface area contributed by atoms with Crippen molar-refractivity contribution in [2.75, 3.05) is 0 Å². The minimum absolute atomic E-state index is 0.278. The van der Waals surface area contributed by atoms with E-state index in [1.54, 1.807) is 36.6 Å². The first-order chi connectivity index (χ1) is 19.0. The third-order valence-corrected chi connectivity index (χ3v) is 5.07. The van der Waals surface area contributed by atoms with E-state index in [2.05, 4.69) is 10.1 Å². The molecule has 0 aliphatic carbocycles. The molecule has 0 amide bonds. The normalized spacial score (nSPS) is 11.5. The maximum absolute atomic E-state index is 13.2. The van der Waals surface area contributed by atoms with Crippen molar-refractivity contribution in [2.45, 2.75) is 6.61 Å². The van der Waals surface area contributed by atoms with Crippen molar-refractivity contribution in [1.29, 1.82) is 0 Å². The molecule has 0 bridgehead atoms. The van der Waals surface area contributed by atoms with E-state index in [4.69, 9.17) is 15.1 Å². The molecule has 196 valence electrons. The first-order valence-electron chi connectivity index (χ1n) is 11.9. The van der Waals surface area contributed by atoms with Gasteiger partial charge in [0, 0.05) is 12.3 Å². The van der Waals surface area contributed by atoms with Crippen LogP contribution in [0.2, 0.25) is 0 Å².